The van der Waals surface area contributed by atoms with Crippen LogP contribution in [-0.2, 0) is 4.74 Å². The van der Waals surface area contributed by atoms with Crippen molar-refractivity contribution in [2.24, 2.45) is 17.8 Å². The van der Waals surface area contributed by atoms with Crippen LogP contribution in [0.1, 0.15) is 64.2 Å². The third-order valence-corrected chi connectivity index (χ3v) is 5.29. The lowest BCUT2D eigenvalue weighted by Crippen LogP contribution is -2.06. The Kier molecular flexibility index (Phi) is 4.40. The molecule has 3 rings (SSSR count). The first-order chi connectivity index (χ1) is 8.92. The standard InChI is InChI=1S/C17H28O/c1(2-4-7-17-8-5-11-18-17)3-6-15-12-14-9-10-16(15)13-14/h9-10,14-17H,1-8,11-13H2. The van der Waals surface area contributed by atoms with Crippen LogP contribution in [-0.4, -0.2) is 12.7 Å². The molecular weight excluding hydrogens is 220 g/mol. The maximum atomic E-state index is 5.67. The second-order valence-electron chi connectivity index (χ2n) is 6.67. The SMILES string of the molecule is C1=CC2CC1CC2CCCCCCC1CCCO1. The van der Waals surface area contributed by atoms with Gasteiger partial charge in [0.05, 0.1) is 6.10 Å². The molecule has 4 atom stereocenters. The zero-order valence-electron chi connectivity index (χ0n) is 11.7. The highest BCUT2D eigenvalue weighted by Gasteiger charge is 2.34. The Labute approximate surface area is 112 Å². The summed E-state index contributed by atoms with van der Waals surface area (Å²) in [6, 6.07) is 0. The fourth-order valence-electron chi connectivity index (χ4n) is 4.23. The molecule has 1 aliphatic heterocycles. The normalized spacial score (nSPS) is 37.8. The van der Waals surface area contributed by atoms with Crippen molar-refractivity contribution in [1.82, 2.24) is 0 Å². The molecule has 0 aromatic heterocycles. The average molecular weight is 248 g/mol. The van der Waals surface area contributed by atoms with Crippen LogP contribution >= 0.6 is 0 Å². The number of rotatable bonds is 7. The second-order valence-corrected chi connectivity index (χ2v) is 6.67. The summed E-state index contributed by atoms with van der Waals surface area (Å²) >= 11 is 0. The molecule has 2 bridgehead atoms. The highest BCUT2D eigenvalue weighted by Crippen LogP contribution is 2.45. The largest absolute Gasteiger partial charge is 0.378 e. The maximum Gasteiger partial charge on any atom is 0.0576 e. The summed E-state index contributed by atoms with van der Waals surface area (Å²) in [6.45, 7) is 1.02. The molecule has 102 valence electrons. The Hall–Kier alpha value is -0.300. The topological polar surface area (TPSA) is 9.23 Å². The first-order valence-electron chi connectivity index (χ1n) is 8.22. The molecule has 1 heterocycles. The van der Waals surface area contributed by atoms with E-state index in [-0.39, 0.29) is 0 Å². The Morgan fingerprint density at radius 1 is 0.944 bits per heavy atom. The molecule has 0 radical (unpaired) electrons. The monoisotopic (exact) mass is 248 g/mol. The van der Waals surface area contributed by atoms with Gasteiger partial charge in [-0.25, -0.2) is 0 Å². The minimum Gasteiger partial charge on any atom is -0.378 e. The minimum absolute atomic E-state index is 0.612. The van der Waals surface area contributed by atoms with E-state index in [1.54, 1.807) is 0 Å². The summed E-state index contributed by atoms with van der Waals surface area (Å²) in [4.78, 5) is 0. The number of hydrogen-bond acceptors (Lipinski definition) is 1. The Morgan fingerprint density at radius 3 is 2.50 bits per heavy atom. The Morgan fingerprint density at radius 2 is 1.83 bits per heavy atom. The highest BCUT2D eigenvalue weighted by molar-refractivity contribution is 5.09. The molecule has 1 heteroatoms. The van der Waals surface area contributed by atoms with Gasteiger partial charge in [0.25, 0.3) is 0 Å². The summed E-state index contributed by atoms with van der Waals surface area (Å²) in [5, 5.41) is 0. The van der Waals surface area contributed by atoms with Crippen molar-refractivity contribution >= 4 is 0 Å². The van der Waals surface area contributed by atoms with Gasteiger partial charge < -0.3 is 4.74 Å². The van der Waals surface area contributed by atoms with Crippen LogP contribution < -0.4 is 0 Å². The minimum atomic E-state index is 0.612. The summed E-state index contributed by atoms with van der Waals surface area (Å²) in [6.07, 6.45) is 19.7. The van der Waals surface area contributed by atoms with Crippen molar-refractivity contribution in [2.75, 3.05) is 6.61 Å². The number of hydrogen-bond donors (Lipinski definition) is 0. The first kappa shape index (κ1) is 12.7. The van der Waals surface area contributed by atoms with Crippen molar-refractivity contribution < 1.29 is 4.74 Å². The molecule has 1 nitrogen and oxygen atoms in total. The molecule has 4 unspecified atom stereocenters. The van der Waals surface area contributed by atoms with E-state index in [1.807, 2.05) is 0 Å². The van der Waals surface area contributed by atoms with Gasteiger partial charge in [-0.3, -0.25) is 0 Å². The van der Waals surface area contributed by atoms with E-state index < -0.39 is 0 Å². The van der Waals surface area contributed by atoms with Gasteiger partial charge in [-0.2, -0.15) is 0 Å². The molecule has 3 aliphatic rings. The molecule has 0 amide bonds. The Bertz CT molecular complexity index is 277. The van der Waals surface area contributed by atoms with Gasteiger partial charge in [0.15, 0.2) is 0 Å². The van der Waals surface area contributed by atoms with E-state index in [0.29, 0.717) is 6.10 Å². The van der Waals surface area contributed by atoms with Gasteiger partial charge in [-0.15, -0.1) is 0 Å². The number of fused-ring (bicyclic) bond motifs is 2. The zero-order chi connectivity index (χ0) is 12.2. The Balaban J connectivity index is 1.20. The number of allylic oxidation sites excluding steroid dienone is 2. The summed E-state index contributed by atoms with van der Waals surface area (Å²) < 4.78 is 5.67. The molecule has 2 aliphatic carbocycles. The predicted molar refractivity (Wildman–Crippen MR) is 75.5 cm³/mol. The van der Waals surface area contributed by atoms with E-state index in [9.17, 15) is 0 Å². The third-order valence-electron chi connectivity index (χ3n) is 5.29. The molecule has 1 saturated carbocycles. The van der Waals surface area contributed by atoms with Gasteiger partial charge >= 0.3 is 0 Å². The van der Waals surface area contributed by atoms with E-state index in [0.717, 1.165) is 24.4 Å². The molecule has 0 aromatic rings. The van der Waals surface area contributed by atoms with Crippen LogP contribution in [0.15, 0.2) is 12.2 Å². The van der Waals surface area contributed by atoms with Crippen LogP contribution in [0.25, 0.3) is 0 Å². The predicted octanol–water partition coefficient (Wildman–Crippen LogP) is 4.72. The number of unbranched alkanes of at least 4 members (excludes halogenated alkanes) is 3. The molecule has 18 heavy (non-hydrogen) atoms. The lowest BCUT2D eigenvalue weighted by atomic mass is 9.88. The lowest BCUT2D eigenvalue weighted by Gasteiger charge is -2.17. The fourth-order valence-corrected chi connectivity index (χ4v) is 4.23. The van der Waals surface area contributed by atoms with Crippen LogP contribution in [0.4, 0.5) is 0 Å². The number of ether oxygens (including phenoxy) is 1. The van der Waals surface area contributed by atoms with Gasteiger partial charge in [-0.05, 0) is 56.3 Å². The van der Waals surface area contributed by atoms with Crippen molar-refractivity contribution in [1.29, 1.82) is 0 Å². The average Bonchev–Trinajstić information content (AvgIpc) is 3.10. The fraction of sp³-hybridized carbons (Fsp3) is 0.882. The van der Waals surface area contributed by atoms with Gasteiger partial charge in [0, 0.05) is 6.61 Å². The molecule has 2 fully saturated rings. The van der Waals surface area contributed by atoms with E-state index in [4.69, 9.17) is 4.74 Å². The van der Waals surface area contributed by atoms with Crippen LogP contribution in [0.5, 0.6) is 0 Å². The van der Waals surface area contributed by atoms with E-state index in [1.165, 1.54) is 64.2 Å². The van der Waals surface area contributed by atoms with Gasteiger partial charge in [0.2, 0.25) is 0 Å². The van der Waals surface area contributed by atoms with Crippen molar-refractivity contribution in [3.05, 3.63) is 12.2 Å². The maximum absolute atomic E-state index is 5.67. The molecule has 1 saturated heterocycles. The van der Waals surface area contributed by atoms with Crippen LogP contribution in [0, 0.1) is 17.8 Å². The van der Waals surface area contributed by atoms with E-state index in [2.05, 4.69) is 12.2 Å². The molecule has 0 spiro atoms. The van der Waals surface area contributed by atoms with Crippen molar-refractivity contribution in [3.8, 4) is 0 Å². The van der Waals surface area contributed by atoms with Crippen molar-refractivity contribution in [2.45, 2.75) is 70.3 Å². The van der Waals surface area contributed by atoms with Crippen molar-refractivity contribution in [3.63, 3.8) is 0 Å². The first-order valence-corrected chi connectivity index (χ1v) is 8.22. The molecule has 0 aromatic carbocycles. The molecular formula is C17H28O. The van der Waals surface area contributed by atoms with Gasteiger partial charge in [-0.1, -0.05) is 37.8 Å². The van der Waals surface area contributed by atoms with Gasteiger partial charge in [0.1, 0.15) is 0 Å². The zero-order valence-corrected chi connectivity index (χ0v) is 11.7. The summed E-state index contributed by atoms with van der Waals surface area (Å²) in [5.74, 6) is 2.96. The van der Waals surface area contributed by atoms with Crippen LogP contribution in [0.3, 0.4) is 0 Å². The summed E-state index contributed by atoms with van der Waals surface area (Å²) in [5.41, 5.74) is 0. The quantitative estimate of drug-likeness (QED) is 0.468. The highest BCUT2D eigenvalue weighted by atomic mass is 16.5. The molecule has 0 N–H and O–H groups in total. The van der Waals surface area contributed by atoms with Crippen LogP contribution in [0.2, 0.25) is 0 Å². The third kappa shape index (κ3) is 3.17. The second kappa shape index (κ2) is 6.23. The lowest BCUT2D eigenvalue weighted by molar-refractivity contribution is 0.102. The smallest absolute Gasteiger partial charge is 0.0576 e. The summed E-state index contributed by atoms with van der Waals surface area (Å²) in [7, 11) is 0. The van der Waals surface area contributed by atoms with E-state index >= 15 is 0 Å².